The van der Waals surface area contributed by atoms with Crippen LogP contribution in [0.25, 0.3) is 0 Å². The van der Waals surface area contributed by atoms with Gasteiger partial charge < -0.3 is 9.64 Å². The van der Waals surface area contributed by atoms with Crippen LogP contribution in [-0.4, -0.2) is 41.1 Å². The molecule has 2 atom stereocenters. The van der Waals surface area contributed by atoms with Crippen LogP contribution in [0.15, 0.2) is 0 Å². The lowest BCUT2D eigenvalue weighted by molar-refractivity contribution is -0.153. The molecule has 1 saturated heterocycles. The molecular formula is C16H27NO3S. The van der Waals surface area contributed by atoms with E-state index in [1.54, 1.807) is 11.8 Å². The van der Waals surface area contributed by atoms with Gasteiger partial charge >= 0.3 is 5.97 Å². The van der Waals surface area contributed by atoms with Crippen LogP contribution in [0.3, 0.4) is 0 Å². The zero-order chi connectivity index (χ0) is 15.2. The van der Waals surface area contributed by atoms with Gasteiger partial charge in [-0.1, -0.05) is 39.0 Å². The van der Waals surface area contributed by atoms with E-state index < -0.39 is 0 Å². The molecule has 1 aliphatic heterocycles. The second kappa shape index (κ2) is 8.06. The number of amides is 1. The highest BCUT2D eigenvalue weighted by atomic mass is 32.2. The topological polar surface area (TPSA) is 46.6 Å². The van der Waals surface area contributed by atoms with Crippen LogP contribution >= 0.6 is 11.8 Å². The summed E-state index contributed by atoms with van der Waals surface area (Å²) in [6.45, 7) is 2.18. The molecule has 2 fully saturated rings. The van der Waals surface area contributed by atoms with Crippen molar-refractivity contribution < 1.29 is 14.3 Å². The van der Waals surface area contributed by atoms with Crippen LogP contribution in [0, 0.1) is 5.92 Å². The summed E-state index contributed by atoms with van der Waals surface area (Å²) >= 11 is 1.74. The number of ether oxygens (including phenoxy) is 1. The Balaban J connectivity index is 2.05. The molecular weight excluding hydrogens is 286 g/mol. The molecule has 120 valence electrons. The number of carbonyl (C=O) groups is 2. The highest BCUT2D eigenvalue weighted by molar-refractivity contribution is 8.00. The van der Waals surface area contributed by atoms with E-state index in [1.807, 2.05) is 4.90 Å². The normalized spacial score (nSPS) is 26.3. The minimum Gasteiger partial charge on any atom is -0.467 e. The van der Waals surface area contributed by atoms with Crippen molar-refractivity contribution in [2.45, 2.75) is 69.7 Å². The first-order valence-corrected chi connectivity index (χ1v) is 9.25. The molecule has 4 nitrogen and oxygen atoms in total. The number of hydrogen-bond donors (Lipinski definition) is 0. The fourth-order valence-corrected chi connectivity index (χ4v) is 4.80. The number of nitrogens with zero attached hydrogens (tertiary/aromatic N) is 1. The van der Waals surface area contributed by atoms with Crippen LogP contribution in [0.4, 0.5) is 0 Å². The van der Waals surface area contributed by atoms with E-state index in [0.717, 1.165) is 38.5 Å². The molecule has 1 amide bonds. The van der Waals surface area contributed by atoms with E-state index >= 15 is 0 Å². The van der Waals surface area contributed by atoms with Gasteiger partial charge in [-0.3, -0.25) is 4.79 Å². The van der Waals surface area contributed by atoms with Crippen molar-refractivity contribution in [2.24, 2.45) is 5.92 Å². The number of esters is 1. The number of methoxy groups -OCH3 is 1. The molecule has 0 spiro atoms. The average molecular weight is 313 g/mol. The van der Waals surface area contributed by atoms with E-state index in [4.69, 9.17) is 4.74 Å². The molecule has 1 aliphatic carbocycles. The Kier molecular flexibility index (Phi) is 6.40. The van der Waals surface area contributed by atoms with E-state index in [9.17, 15) is 9.59 Å². The Morgan fingerprint density at radius 1 is 1.24 bits per heavy atom. The third-order valence-corrected chi connectivity index (χ3v) is 5.94. The predicted molar refractivity (Wildman–Crippen MR) is 85.0 cm³/mol. The molecule has 1 saturated carbocycles. The number of hydrogen-bond acceptors (Lipinski definition) is 4. The Morgan fingerprint density at radius 2 is 1.95 bits per heavy atom. The zero-order valence-corrected chi connectivity index (χ0v) is 14.0. The van der Waals surface area contributed by atoms with Crippen LogP contribution in [0.5, 0.6) is 0 Å². The first-order chi connectivity index (χ1) is 10.2. The summed E-state index contributed by atoms with van der Waals surface area (Å²) in [5, 5.41) is 0.161. The van der Waals surface area contributed by atoms with E-state index in [0.29, 0.717) is 5.75 Å². The maximum absolute atomic E-state index is 12.8. The summed E-state index contributed by atoms with van der Waals surface area (Å²) in [5.41, 5.74) is 0. The Hall–Kier alpha value is -0.710. The molecule has 0 radical (unpaired) electrons. The third kappa shape index (κ3) is 3.93. The van der Waals surface area contributed by atoms with Crippen LogP contribution in [-0.2, 0) is 14.3 Å². The van der Waals surface area contributed by atoms with Gasteiger partial charge in [0.2, 0.25) is 5.91 Å². The minimum absolute atomic E-state index is 0.129. The molecule has 0 aromatic carbocycles. The third-order valence-electron chi connectivity index (χ3n) is 4.58. The molecule has 2 unspecified atom stereocenters. The van der Waals surface area contributed by atoms with Gasteiger partial charge in [-0.05, 0) is 19.3 Å². The van der Waals surface area contributed by atoms with E-state index in [1.165, 1.54) is 20.0 Å². The fourth-order valence-electron chi connectivity index (χ4n) is 3.35. The van der Waals surface area contributed by atoms with Crippen molar-refractivity contribution in [3.8, 4) is 0 Å². The number of carbonyl (C=O) groups excluding carboxylic acids is 2. The summed E-state index contributed by atoms with van der Waals surface area (Å²) in [6.07, 6.45) is 8.72. The quantitative estimate of drug-likeness (QED) is 0.558. The Morgan fingerprint density at radius 3 is 2.57 bits per heavy atom. The Bertz CT molecular complexity index is 369. The van der Waals surface area contributed by atoms with Gasteiger partial charge in [-0.2, -0.15) is 0 Å². The van der Waals surface area contributed by atoms with Crippen LogP contribution in [0.2, 0.25) is 0 Å². The monoisotopic (exact) mass is 313 g/mol. The fraction of sp³-hybridized carbons (Fsp3) is 0.875. The van der Waals surface area contributed by atoms with Gasteiger partial charge in [0.25, 0.3) is 0 Å². The maximum atomic E-state index is 12.8. The van der Waals surface area contributed by atoms with Gasteiger partial charge in [0.05, 0.1) is 12.5 Å². The SMILES string of the molecule is CCCCCC1SCC(C(=O)OC)N1C(=O)C1CCCC1. The van der Waals surface area contributed by atoms with E-state index in [-0.39, 0.29) is 29.2 Å². The number of unbranched alkanes of at least 4 members (excludes halogenated alkanes) is 2. The highest BCUT2D eigenvalue weighted by Crippen LogP contribution is 2.37. The first kappa shape index (κ1) is 16.7. The highest BCUT2D eigenvalue weighted by Gasteiger charge is 2.44. The second-order valence-electron chi connectivity index (χ2n) is 6.05. The van der Waals surface area contributed by atoms with Crippen LogP contribution in [0.1, 0.15) is 58.3 Å². The van der Waals surface area contributed by atoms with Crippen molar-refractivity contribution in [1.82, 2.24) is 4.90 Å². The second-order valence-corrected chi connectivity index (χ2v) is 7.26. The summed E-state index contributed by atoms with van der Waals surface area (Å²) in [4.78, 5) is 26.7. The predicted octanol–water partition coefficient (Wildman–Crippen LogP) is 3.20. The molecule has 0 bridgehead atoms. The molecule has 21 heavy (non-hydrogen) atoms. The maximum Gasteiger partial charge on any atom is 0.329 e. The van der Waals surface area contributed by atoms with Gasteiger partial charge in [0.1, 0.15) is 6.04 Å². The summed E-state index contributed by atoms with van der Waals surface area (Å²) in [6, 6.07) is -0.375. The van der Waals surface area contributed by atoms with Gasteiger partial charge in [0, 0.05) is 11.7 Å². The lowest BCUT2D eigenvalue weighted by Gasteiger charge is -2.30. The number of thioether (sulfide) groups is 1. The van der Waals surface area contributed by atoms with Crippen molar-refractivity contribution in [3.63, 3.8) is 0 Å². The zero-order valence-electron chi connectivity index (χ0n) is 13.2. The average Bonchev–Trinajstić information content (AvgIpc) is 3.15. The molecule has 5 heteroatoms. The van der Waals surface area contributed by atoms with Crippen LogP contribution < -0.4 is 0 Å². The summed E-state index contributed by atoms with van der Waals surface area (Å²) in [7, 11) is 1.41. The molecule has 0 aromatic rings. The van der Waals surface area contributed by atoms with Gasteiger partial charge in [-0.15, -0.1) is 11.8 Å². The lowest BCUT2D eigenvalue weighted by atomic mass is 10.0. The van der Waals surface area contributed by atoms with Crippen molar-refractivity contribution in [1.29, 1.82) is 0 Å². The van der Waals surface area contributed by atoms with Gasteiger partial charge in [0.15, 0.2) is 0 Å². The summed E-state index contributed by atoms with van der Waals surface area (Å²) < 4.78 is 4.91. The van der Waals surface area contributed by atoms with E-state index in [2.05, 4.69) is 6.92 Å². The molecule has 2 rings (SSSR count). The molecule has 1 heterocycles. The molecule has 2 aliphatic rings. The van der Waals surface area contributed by atoms with Crippen molar-refractivity contribution in [3.05, 3.63) is 0 Å². The smallest absolute Gasteiger partial charge is 0.329 e. The van der Waals surface area contributed by atoms with Gasteiger partial charge in [-0.25, -0.2) is 4.79 Å². The number of rotatable bonds is 6. The first-order valence-electron chi connectivity index (χ1n) is 8.20. The van der Waals surface area contributed by atoms with Crippen molar-refractivity contribution in [2.75, 3.05) is 12.9 Å². The molecule has 0 N–H and O–H groups in total. The lowest BCUT2D eigenvalue weighted by Crippen LogP contribution is -2.48. The largest absolute Gasteiger partial charge is 0.467 e. The Labute approximate surface area is 132 Å². The van der Waals surface area contributed by atoms with Crippen molar-refractivity contribution >= 4 is 23.6 Å². The molecule has 0 aromatic heterocycles. The standard InChI is InChI=1S/C16H27NO3S/c1-3-4-5-10-14-17(13(11-21-14)16(19)20-2)15(18)12-8-6-7-9-12/h12-14H,3-11H2,1-2H3. The minimum atomic E-state index is -0.375. The summed E-state index contributed by atoms with van der Waals surface area (Å²) in [5.74, 6) is 0.743.